The van der Waals surface area contributed by atoms with Crippen molar-refractivity contribution in [3.8, 4) is 0 Å². The monoisotopic (exact) mass is 355 g/mol. The minimum Gasteiger partial charge on any atom is -0.318 e. The molecular formula is C11H10BrN5O4. The summed E-state index contributed by atoms with van der Waals surface area (Å²) < 4.78 is 1.41. The lowest BCUT2D eigenvalue weighted by Crippen LogP contribution is -2.30. The largest absolute Gasteiger partial charge is 0.328 e. The summed E-state index contributed by atoms with van der Waals surface area (Å²) in [6.45, 7) is 0.0693. The molecule has 2 rings (SSSR count). The average Bonchev–Trinajstić information content (AvgIpc) is 2.44. The first-order valence-electron chi connectivity index (χ1n) is 5.65. The number of nitro benzene ring substituents is 1. The number of nitrogens with one attached hydrogen (secondary N) is 2. The standard InChI is InChI=1S/C11H10BrN5O4/c12-7-5-16(11(19)14-10(7)18)4-6-1-2-8(15-13)9(3-6)17(20)21/h1-3,5,15H,4,13H2,(H,14,18,19). The number of hydrogen-bond donors (Lipinski definition) is 3. The molecule has 0 fully saturated rings. The number of nitrogen functional groups attached to an aromatic ring is 1. The molecule has 1 aromatic carbocycles. The van der Waals surface area contributed by atoms with Gasteiger partial charge in [0.05, 0.1) is 15.9 Å². The van der Waals surface area contributed by atoms with Gasteiger partial charge in [-0.15, -0.1) is 0 Å². The van der Waals surface area contributed by atoms with E-state index in [1.165, 1.54) is 22.9 Å². The summed E-state index contributed by atoms with van der Waals surface area (Å²) in [6.07, 6.45) is 1.32. The molecule has 2 aromatic rings. The highest BCUT2D eigenvalue weighted by Gasteiger charge is 2.14. The van der Waals surface area contributed by atoms with E-state index in [0.29, 0.717) is 5.56 Å². The van der Waals surface area contributed by atoms with E-state index < -0.39 is 16.2 Å². The molecule has 0 saturated carbocycles. The Morgan fingerprint density at radius 3 is 2.76 bits per heavy atom. The van der Waals surface area contributed by atoms with E-state index in [2.05, 4.69) is 26.3 Å². The van der Waals surface area contributed by atoms with Crippen LogP contribution in [0.2, 0.25) is 0 Å². The Morgan fingerprint density at radius 1 is 1.43 bits per heavy atom. The van der Waals surface area contributed by atoms with Crippen LogP contribution in [-0.4, -0.2) is 14.5 Å². The lowest BCUT2D eigenvalue weighted by Gasteiger charge is -2.07. The maximum Gasteiger partial charge on any atom is 0.328 e. The van der Waals surface area contributed by atoms with E-state index >= 15 is 0 Å². The summed E-state index contributed by atoms with van der Waals surface area (Å²) in [5.41, 5.74) is 1.57. The number of halogens is 1. The lowest BCUT2D eigenvalue weighted by atomic mass is 10.1. The minimum absolute atomic E-state index is 0.0693. The van der Waals surface area contributed by atoms with Crippen LogP contribution in [-0.2, 0) is 6.54 Å². The Balaban J connectivity index is 2.43. The van der Waals surface area contributed by atoms with Crippen molar-refractivity contribution in [2.45, 2.75) is 6.54 Å². The van der Waals surface area contributed by atoms with Crippen molar-refractivity contribution in [3.05, 3.63) is 65.4 Å². The second-order valence-corrected chi connectivity index (χ2v) is 4.97. The topological polar surface area (TPSA) is 136 Å². The first-order chi connectivity index (χ1) is 9.92. The van der Waals surface area contributed by atoms with Gasteiger partial charge in [0.2, 0.25) is 0 Å². The number of H-pyrrole nitrogens is 1. The first kappa shape index (κ1) is 14.9. The van der Waals surface area contributed by atoms with Gasteiger partial charge in [-0.25, -0.2) is 4.79 Å². The van der Waals surface area contributed by atoms with E-state index in [4.69, 9.17) is 5.84 Å². The van der Waals surface area contributed by atoms with Crippen LogP contribution >= 0.6 is 15.9 Å². The van der Waals surface area contributed by atoms with Crippen molar-refractivity contribution in [2.24, 2.45) is 5.84 Å². The molecule has 21 heavy (non-hydrogen) atoms. The fourth-order valence-corrected chi connectivity index (χ4v) is 2.09. The molecule has 0 unspecified atom stereocenters. The zero-order chi connectivity index (χ0) is 15.6. The fraction of sp³-hybridized carbons (Fsp3) is 0.0909. The summed E-state index contributed by atoms with van der Waals surface area (Å²) in [5.74, 6) is 5.20. The molecule has 0 aliphatic carbocycles. The van der Waals surface area contributed by atoms with Crippen molar-refractivity contribution >= 4 is 27.3 Å². The van der Waals surface area contributed by atoms with Crippen LogP contribution in [0, 0.1) is 10.1 Å². The van der Waals surface area contributed by atoms with Gasteiger partial charge in [0.1, 0.15) is 5.69 Å². The molecule has 0 radical (unpaired) electrons. The fourth-order valence-electron chi connectivity index (χ4n) is 1.75. The zero-order valence-electron chi connectivity index (χ0n) is 10.5. The van der Waals surface area contributed by atoms with Crippen LogP contribution in [0.3, 0.4) is 0 Å². The maximum atomic E-state index is 11.7. The van der Waals surface area contributed by atoms with E-state index in [0.717, 1.165) is 0 Å². The molecule has 10 heteroatoms. The smallest absolute Gasteiger partial charge is 0.318 e. The molecule has 0 atom stereocenters. The van der Waals surface area contributed by atoms with Crippen molar-refractivity contribution in [2.75, 3.05) is 5.43 Å². The number of aromatic amines is 1. The summed E-state index contributed by atoms with van der Waals surface area (Å²) in [5, 5.41) is 10.9. The van der Waals surface area contributed by atoms with E-state index in [1.807, 2.05) is 0 Å². The van der Waals surface area contributed by atoms with Crippen LogP contribution in [0.4, 0.5) is 11.4 Å². The minimum atomic E-state index is -0.605. The van der Waals surface area contributed by atoms with E-state index in [1.54, 1.807) is 6.07 Å². The molecule has 0 saturated heterocycles. The van der Waals surface area contributed by atoms with Crippen molar-refractivity contribution in [3.63, 3.8) is 0 Å². The zero-order valence-corrected chi connectivity index (χ0v) is 12.1. The Bertz CT molecular complexity index is 813. The summed E-state index contributed by atoms with van der Waals surface area (Å²) in [7, 11) is 0. The van der Waals surface area contributed by atoms with Gasteiger partial charge >= 0.3 is 5.69 Å². The predicted octanol–water partition coefficient (Wildman–Crippen LogP) is 0.541. The third-order valence-corrected chi connectivity index (χ3v) is 3.30. The van der Waals surface area contributed by atoms with Crippen molar-refractivity contribution < 1.29 is 4.92 Å². The Morgan fingerprint density at radius 2 is 2.14 bits per heavy atom. The van der Waals surface area contributed by atoms with Crippen LogP contribution in [0.5, 0.6) is 0 Å². The van der Waals surface area contributed by atoms with E-state index in [9.17, 15) is 19.7 Å². The second kappa shape index (κ2) is 5.89. The van der Waals surface area contributed by atoms with Gasteiger partial charge in [-0.1, -0.05) is 6.07 Å². The lowest BCUT2D eigenvalue weighted by molar-refractivity contribution is -0.384. The number of nitrogens with zero attached hydrogens (tertiary/aromatic N) is 2. The Kier molecular flexibility index (Phi) is 4.19. The number of rotatable bonds is 4. The number of hydrazine groups is 1. The molecule has 4 N–H and O–H groups in total. The average molecular weight is 356 g/mol. The SMILES string of the molecule is NNc1ccc(Cn2cc(Br)c(=O)[nH]c2=O)cc1[N+](=O)[O-]. The number of benzene rings is 1. The number of nitrogens with two attached hydrogens (primary N) is 1. The van der Waals surface area contributed by atoms with Crippen molar-refractivity contribution in [1.29, 1.82) is 0 Å². The molecule has 0 bridgehead atoms. The molecule has 0 aliphatic rings. The second-order valence-electron chi connectivity index (χ2n) is 4.12. The normalized spacial score (nSPS) is 10.4. The quantitative estimate of drug-likeness (QED) is 0.416. The number of anilines is 1. The van der Waals surface area contributed by atoms with Crippen LogP contribution in [0.15, 0.2) is 38.5 Å². The highest BCUT2D eigenvalue weighted by atomic mass is 79.9. The third kappa shape index (κ3) is 3.17. The maximum absolute atomic E-state index is 11.7. The van der Waals surface area contributed by atoms with Gasteiger partial charge in [0.25, 0.3) is 11.2 Å². The first-order valence-corrected chi connectivity index (χ1v) is 6.45. The molecule has 0 amide bonds. The van der Waals surface area contributed by atoms with Crippen LogP contribution in [0.25, 0.3) is 0 Å². The van der Waals surface area contributed by atoms with Gasteiger partial charge < -0.3 is 5.43 Å². The Hall–Kier alpha value is -2.46. The molecule has 9 nitrogen and oxygen atoms in total. The molecule has 1 heterocycles. The predicted molar refractivity (Wildman–Crippen MR) is 79.0 cm³/mol. The summed E-state index contributed by atoms with van der Waals surface area (Å²) >= 11 is 3.02. The number of nitro groups is 1. The van der Waals surface area contributed by atoms with Crippen molar-refractivity contribution in [1.82, 2.24) is 9.55 Å². The highest BCUT2D eigenvalue weighted by molar-refractivity contribution is 9.10. The molecular weight excluding hydrogens is 346 g/mol. The van der Waals surface area contributed by atoms with Crippen LogP contribution in [0.1, 0.15) is 5.56 Å². The van der Waals surface area contributed by atoms with Gasteiger partial charge in [-0.3, -0.25) is 30.3 Å². The van der Waals surface area contributed by atoms with E-state index in [-0.39, 0.29) is 22.4 Å². The number of aromatic nitrogens is 2. The van der Waals surface area contributed by atoms with Gasteiger partial charge in [-0.2, -0.15) is 0 Å². The van der Waals surface area contributed by atoms with Crippen LogP contribution < -0.4 is 22.5 Å². The molecule has 1 aromatic heterocycles. The number of hydrogen-bond acceptors (Lipinski definition) is 6. The highest BCUT2D eigenvalue weighted by Crippen LogP contribution is 2.24. The van der Waals surface area contributed by atoms with Gasteiger partial charge in [0, 0.05) is 12.3 Å². The third-order valence-electron chi connectivity index (χ3n) is 2.73. The summed E-state index contributed by atoms with van der Waals surface area (Å²) in [6, 6.07) is 4.34. The molecule has 0 spiro atoms. The molecule has 0 aliphatic heterocycles. The van der Waals surface area contributed by atoms with Gasteiger partial charge in [-0.05, 0) is 27.6 Å². The Labute approximate surface area is 125 Å². The van der Waals surface area contributed by atoms with Gasteiger partial charge in [0.15, 0.2) is 0 Å². The summed E-state index contributed by atoms with van der Waals surface area (Å²) in [4.78, 5) is 35.4. The molecule has 110 valence electrons.